The molecule has 0 spiro atoms. The first-order chi connectivity index (χ1) is 12.6. The first kappa shape index (κ1) is 19.0. The molecule has 140 valence electrons. The van der Waals surface area contributed by atoms with Gasteiger partial charge in [0.25, 0.3) is 0 Å². The molecule has 1 fully saturated rings. The van der Waals surface area contributed by atoms with Crippen molar-refractivity contribution in [3.05, 3.63) is 30.3 Å². The monoisotopic (exact) mass is 372 g/mol. The lowest BCUT2D eigenvalue weighted by Gasteiger charge is -2.22. The average Bonchev–Trinajstić information content (AvgIpc) is 3.03. The summed E-state index contributed by atoms with van der Waals surface area (Å²) in [6.07, 6.45) is 5.96. The smallest absolute Gasteiger partial charge is 0.230 e. The summed E-state index contributed by atoms with van der Waals surface area (Å²) < 4.78 is 2.14. The normalized spacial score (nSPS) is 15.3. The van der Waals surface area contributed by atoms with E-state index < -0.39 is 0 Å². The molecule has 0 aliphatic heterocycles. The summed E-state index contributed by atoms with van der Waals surface area (Å²) in [5, 5.41) is 12.7. The third-order valence-corrected chi connectivity index (χ3v) is 5.57. The zero-order chi connectivity index (χ0) is 18.4. The van der Waals surface area contributed by atoms with Crippen LogP contribution < -0.4 is 5.32 Å². The lowest BCUT2D eigenvalue weighted by molar-refractivity contribution is -0.119. The zero-order valence-electron chi connectivity index (χ0n) is 15.6. The van der Waals surface area contributed by atoms with Gasteiger partial charge in [-0.25, -0.2) is 0 Å². The molecule has 5 nitrogen and oxygen atoms in total. The highest BCUT2D eigenvalue weighted by atomic mass is 32.2. The van der Waals surface area contributed by atoms with Gasteiger partial charge in [0.2, 0.25) is 5.91 Å². The molecule has 1 aliphatic rings. The summed E-state index contributed by atoms with van der Waals surface area (Å²) in [5.41, 5.74) is 1.05. The van der Waals surface area contributed by atoms with E-state index >= 15 is 0 Å². The van der Waals surface area contributed by atoms with Gasteiger partial charge in [-0.05, 0) is 18.8 Å². The van der Waals surface area contributed by atoms with Crippen LogP contribution in [0.2, 0.25) is 0 Å². The molecule has 6 heteroatoms. The molecule has 1 N–H and O–H groups in total. The third kappa shape index (κ3) is 5.10. The van der Waals surface area contributed by atoms with E-state index in [9.17, 15) is 4.79 Å². The van der Waals surface area contributed by atoms with Crippen molar-refractivity contribution in [2.24, 2.45) is 5.92 Å². The van der Waals surface area contributed by atoms with E-state index in [0.29, 0.717) is 17.7 Å². The lowest BCUT2D eigenvalue weighted by Crippen LogP contribution is -2.37. The molecule has 26 heavy (non-hydrogen) atoms. The fraction of sp³-hybridized carbons (Fsp3) is 0.550. The Morgan fingerprint density at radius 1 is 1.19 bits per heavy atom. The highest BCUT2D eigenvalue weighted by molar-refractivity contribution is 7.99. The molecule has 1 heterocycles. The van der Waals surface area contributed by atoms with Crippen LogP contribution in [0, 0.1) is 5.92 Å². The number of benzene rings is 1. The zero-order valence-corrected chi connectivity index (χ0v) is 16.5. The van der Waals surface area contributed by atoms with Crippen molar-refractivity contribution in [3.63, 3.8) is 0 Å². The molecular weight excluding hydrogens is 344 g/mol. The summed E-state index contributed by atoms with van der Waals surface area (Å²) in [5.74, 6) is 1.84. The van der Waals surface area contributed by atoms with Gasteiger partial charge in [-0.2, -0.15) is 0 Å². The van der Waals surface area contributed by atoms with Gasteiger partial charge in [0.05, 0.1) is 5.75 Å². The quantitative estimate of drug-likeness (QED) is 0.742. The van der Waals surface area contributed by atoms with Gasteiger partial charge in [-0.1, -0.05) is 75.2 Å². The minimum atomic E-state index is 0.0993. The van der Waals surface area contributed by atoms with E-state index in [4.69, 9.17) is 0 Å². The third-order valence-electron chi connectivity index (χ3n) is 4.60. The van der Waals surface area contributed by atoms with Crippen molar-refractivity contribution in [2.45, 2.75) is 63.7 Å². The van der Waals surface area contributed by atoms with Crippen molar-refractivity contribution < 1.29 is 4.79 Å². The molecule has 1 aliphatic carbocycles. The maximum Gasteiger partial charge on any atom is 0.230 e. The Balaban J connectivity index is 1.67. The highest BCUT2D eigenvalue weighted by Crippen LogP contribution is 2.25. The molecule has 0 saturated heterocycles. The summed E-state index contributed by atoms with van der Waals surface area (Å²) in [6, 6.07) is 10.5. The molecule has 0 radical (unpaired) electrons. The summed E-state index contributed by atoms with van der Waals surface area (Å²) >= 11 is 1.48. The second-order valence-electron chi connectivity index (χ2n) is 7.37. The van der Waals surface area contributed by atoms with Gasteiger partial charge in [-0.15, -0.1) is 10.2 Å². The predicted octanol–water partition coefficient (Wildman–Crippen LogP) is 4.14. The maximum atomic E-state index is 12.3. The number of rotatable bonds is 7. The number of aromatic nitrogens is 3. The SMILES string of the molecule is CC(C)Cn1c(SCC(=O)NC2CCCCC2)nnc1-c1ccccc1. The van der Waals surface area contributed by atoms with Crippen LogP contribution in [0.1, 0.15) is 46.0 Å². The highest BCUT2D eigenvalue weighted by Gasteiger charge is 2.19. The van der Waals surface area contributed by atoms with Crippen LogP contribution in [0.15, 0.2) is 35.5 Å². The van der Waals surface area contributed by atoms with E-state index in [1.54, 1.807) is 0 Å². The van der Waals surface area contributed by atoms with Crippen LogP contribution >= 0.6 is 11.8 Å². The van der Waals surface area contributed by atoms with Crippen LogP contribution in [0.25, 0.3) is 11.4 Å². The summed E-state index contributed by atoms with van der Waals surface area (Å²) in [7, 11) is 0. The van der Waals surface area contributed by atoms with E-state index in [2.05, 4.69) is 33.9 Å². The Kier molecular flexibility index (Phi) is 6.72. The van der Waals surface area contributed by atoms with Crippen LogP contribution in [0.3, 0.4) is 0 Å². The van der Waals surface area contributed by atoms with Crippen molar-refractivity contribution in [3.8, 4) is 11.4 Å². The number of carbonyl (C=O) groups excluding carboxylic acids is 1. The Morgan fingerprint density at radius 2 is 1.92 bits per heavy atom. The van der Waals surface area contributed by atoms with Gasteiger partial charge in [0, 0.05) is 18.2 Å². The minimum Gasteiger partial charge on any atom is -0.353 e. The van der Waals surface area contributed by atoms with Crippen molar-refractivity contribution in [2.75, 3.05) is 5.75 Å². The standard InChI is InChI=1S/C20H28N4OS/c1-15(2)13-24-19(16-9-5-3-6-10-16)22-23-20(24)26-14-18(25)21-17-11-7-4-8-12-17/h3,5-6,9-10,15,17H,4,7-8,11-14H2,1-2H3,(H,21,25). The predicted molar refractivity (Wildman–Crippen MR) is 106 cm³/mol. The molecule has 1 amide bonds. The van der Waals surface area contributed by atoms with Crippen LogP contribution in [-0.2, 0) is 11.3 Å². The molecule has 1 aromatic heterocycles. The molecule has 0 atom stereocenters. The molecule has 3 rings (SSSR count). The summed E-state index contributed by atoms with van der Waals surface area (Å²) in [6.45, 7) is 5.20. The second kappa shape index (κ2) is 9.21. The fourth-order valence-corrected chi connectivity index (χ4v) is 4.13. The van der Waals surface area contributed by atoms with Gasteiger partial charge in [-0.3, -0.25) is 4.79 Å². The minimum absolute atomic E-state index is 0.0993. The largest absolute Gasteiger partial charge is 0.353 e. The number of amides is 1. The van der Waals surface area contributed by atoms with Gasteiger partial charge in [0.15, 0.2) is 11.0 Å². The maximum absolute atomic E-state index is 12.3. The Labute approximate surface area is 160 Å². The Hall–Kier alpha value is -1.82. The average molecular weight is 373 g/mol. The molecule has 0 unspecified atom stereocenters. The molecule has 1 aromatic carbocycles. The number of hydrogen-bond acceptors (Lipinski definition) is 4. The van der Waals surface area contributed by atoms with Gasteiger partial charge >= 0.3 is 0 Å². The Morgan fingerprint density at radius 3 is 2.62 bits per heavy atom. The number of nitrogens with one attached hydrogen (secondary N) is 1. The Bertz CT molecular complexity index is 708. The second-order valence-corrected chi connectivity index (χ2v) is 8.31. The lowest BCUT2D eigenvalue weighted by atomic mass is 9.95. The van der Waals surface area contributed by atoms with Crippen molar-refractivity contribution in [1.29, 1.82) is 0 Å². The van der Waals surface area contributed by atoms with Gasteiger partial charge in [0.1, 0.15) is 0 Å². The van der Waals surface area contributed by atoms with Crippen LogP contribution in [0.4, 0.5) is 0 Å². The van der Waals surface area contributed by atoms with Gasteiger partial charge < -0.3 is 9.88 Å². The first-order valence-corrected chi connectivity index (χ1v) is 10.5. The van der Waals surface area contributed by atoms with Crippen molar-refractivity contribution in [1.82, 2.24) is 20.1 Å². The molecular formula is C20H28N4OS. The van der Waals surface area contributed by atoms with E-state index in [0.717, 1.165) is 35.9 Å². The number of hydrogen-bond donors (Lipinski definition) is 1. The van der Waals surface area contributed by atoms with E-state index in [-0.39, 0.29) is 5.91 Å². The number of thioether (sulfide) groups is 1. The van der Waals surface area contributed by atoms with Crippen LogP contribution in [-0.4, -0.2) is 32.5 Å². The topological polar surface area (TPSA) is 59.8 Å². The van der Waals surface area contributed by atoms with Crippen molar-refractivity contribution >= 4 is 17.7 Å². The summed E-state index contributed by atoms with van der Waals surface area (Å²) in [4.78, 5) is 12.3. The fourth-order valence-electron chi connectivity index (χ4n) is 3.37. The number of nitrogens with zero attached hydrogens (tertiary/aromatic N) is 3. The van der Waals surface area contributed by atoms with E-state index in [1.165, 1.54) is 31.0 Å². The molecule has 1 saturated carbocycles. The van der Waals surface area contributed by atoms with Crippen LogP contribution in [0.5, 0.6) is 0 Å². The first-order valence-electron chi connectivity index (χ1n) is 9.54. The van der Waals surface area contributed by atoms with E-state index in [1.807, 2.05) is 30.3 Å². The molecule has 2 aromatic rings. The molecule has 0 bridgehead atoms. The number of carbonyl (C=O) groups is 1.